The summed E-state index contributed by atoms with van der Waals surface area (Å²) >= 11 is 17.4. The zero-order chi connectivity index (χ0) is 14.9. The maximum absolute atomic E-state index is 5.80. The van der Waals surface area contributed by atoms with Gasteiger partial charge in [0.05, 0.1) is 19.8 Å². The van der Waals surface area contributed by atoms with Crippen molar-refractivity contribution < 1.29 is 23.7 Å². The molecule has 0 aliphatic rings. The Kier molecular flexibility index (Phi) is 9.92. The molecule has 0 amide bonds. The van der Waals surface area contributed by atoms with Crippen LogP contribution < -0.4 is 0 Å². The molecule has 0 saturated carbocycles. The van der Waals surface area contributed by atoms with Crippen LogP contribution in [0.15, 0.2) is 0 Å². The number of halogens is 3. The molecule has 0 aromatic heterocycles. The highest BCUT2D eigenvalue weighted by molar-refractivity contribution is 6.67. The van der Waals surface area contributed by atoms with Gasteiger partial charge in [-0.25, -0.2) is 0 Å². The maximum atomic E-state index is 5.80. The zero-order valence-electron chi connectivity index (χ0n) is 11.6. The van der Waals surface area contributed by atoms with Gasteiger partial charge in [-0.05, 0) is 27.7 Å². The highest BCUT2D eigenvalue weighted by Gasteiger charge is 2.45. The van der Waals surface area contributed by atoms with Crippen LogP contribution in [0.5, 0.6) is 0 Å². The van der Waals surface area contributed by atoms with Gasteiger partial charge in [0.2, 0.25) is 10.1 Å². The highest BCUT2D eigenvalue weighted by atomic mass is 35.6. The molecule has 0 heterocycles. The van der Waals surface area contributed by atoms with Crippen LogP contribution in [-0.4, -0.2) is 42.7 Å². The topological polar surface area (TPSA) is 46.2 Å². The second-order valence-corrected chi connectivity index (χ2v) is 5.61. The molecule has 0 fully saturated rings. The van der Waals surface area contributed by atoms with E-state index in [0.717, 1.165) is 0 Å². The summed E-state index contributed by atoms with van der Waals surface area (Å²) in [5.74, 6) is 0. The number of hydrogen-bond donors (Lipinski definition) is 0. The second-order valence-electron chi connectivity index (χ2n) is 3.25. The van der Waals surface area contributed by atoms with Crippen molar-refractivity contribution in [3.63, 3.8) is 0 Å². The van der Waals surface area contributed by atoms with Gasteiger partial charge in [-0.15, -0.1) is 0 Å². The van der Waals surface area contributed by atoms with Crippen molar-refractivity contribution in [2.75, 3.05) is 26.4 Å². The van der Waals surface area contributed by atoms with Crippen LogP contribution >= 0.6 is 34.8 Å². The molecule has 0 rings (SSSR count). The molecule has 0 N–H and O–H groups in total. The van der Waals surface area contributed by atoms with Gasteiger partial charge in [0, 0.05) is 6.61 Å². The third kappa shape index (κ3) is 7.29. The summed E-state index contributed by atoms with van der Waals surface area (Å²) in [6, 6.07) is 0. The average molecular weight is 340 g/mol. The molecule has 1 atom stereocenters. The Morgan fingerprint density at radius 1 is 0.789 bits per heavy atom. The third-order valence-electron chi connectivity index (χ3n) is 1.80. The Bertz CT molecular complexity index is 218. The Hall–Kier alpha value is 0.670. The van der Waals surface area contributed by atoms with Gasteiger partial charge in [-0.1, -0.05) is 34.8 Å². The van der Waals surface area contributed by atoms with Crippen molar-refractivity contribution in [1.29, 1.82) is 0 Å². The van der Waals surface area contributed by atoms with Crippen molar-refractivity contribution in [1.82, 2.24) is 0 Å². The smallest absolute Gasteiger partial charge is 0.349 e. The van der Waals surface area contributed by atoms with Crippen LogP contribution in [0.1, 0.15) is 27.7 Å². The van der Waals surface area contributed by atoms with E-state index in [1.54, 1.807) is 27.7 Å². The summed E-state index contributed by atoms with van der Waals surface area (Å²) in [6.07, 6.45) is -2.94. The summed E-state index contributed by atoms with van der Waals surface area (Å²) in [5, 5.41) is 0. The van der Waals surface area contributed by atoms with E-state index < -0.39 is 16.2 Å². The zero-order valence-corrected chi connectivity index (χ0v) is 13.8. The van der Waals surface area contributed by atoms with Gasteiger partial charge >= 0.3 is 6.16 Å². The second kappa shape index (κ2) is 9.58. The van der Waals surface area contributed by atoms with E-state index in [0.29, 0.717) is 26.4 Å². The first kappa shape index (κ1) is 19.7. The van der Waals surface area contributed by atoms with Crippen LogP contribution in [0.25, 0.3) is 0 Å². The summed E-state index contributed by atoms with van der Waals surface area (Å²) in [6.45, 7) is 8.20. The Morgan fingerprint density at radius 2 is 1.21 bits per heavy atom. The number of rotatable bonds is 10. The lowest BCUT2D eigenvalue weighted by Gasteiger charge is -2.36. The summed E-state index contributed by atoms with van der Waals surface area (Å²) in [7, 11) is 0. The summed E-state index contributed by atoms with van der Waals surface area (Å²) < 4.78 is 25.0. The van der Waals surface area contributed by atoms with E-state index in [-0.39, 0.29) is 0 Å². The van der Waals surface area contributed by atoms with Crippen LogP contribution in [0.2, 0.25) is 0 Å². The maximum Gasteiger partial charge on any atom is 0.415 e. The van der Waals surface area contributed by atoms with E-state index in [9.17, 15) is 0 Å². The Morgan fingerprint density at radius 3 is 1.47 bits per heavy atom. The van der Waals surface area contributed by atoms with Crippen molar-refractivity contribution in [3.05, 3.63) is 0 Å². The molecule has 1 unspecified atom stereocenters. The molecule has 0 aromatic rings. The summed E-state index contributed by atoms with van der Waals surface area (Å²) in [4.78, 5) is 0. The van der Waals surface area contributed by atoms with E-state index in [1.165, 1.54) is 0 Å². The molecule has 0 bridgehead atoms. The molecule has 0 aromatic carbocycles. The molecular weight excluding hydrogens is 318 g/mol. The molecule has 0 radical (unpaired) electrons. The number of alkyl halides is 3. The number of hydrogen-bond acceptors (Lipinski definition) is 5. The molecule has 19 heavy (non-hydrogen) atoms. The summed E-state index contributed by atoms with van der Waals surface area (Å²) in [5.41, 5.74) is 0. The van der Waals surface area contributed by atoms with Crippen LogP contribution in [0.4, 0.5) is 0 Å². The van der Waals surface area contributed by atoms with Gasteiger partial charge in [-0.2, -0.15) is 0 Å². The van der Waals surface area contributed by atoms with Gasteiger partial charge in [0.15, 0.2) is 0 Å². The van der Waals surface area contributed by atoms with E-state index in [4.69, 9.17) is 58.5 Å². The van der Waals surface area contributed by atoms with Crippen molar-refractivity contribution in [2.45, 2.75) is 43.9 Å². The van der Waals surface area contributed by atoms with Gasteiger partial charge in [0.1, 0.15) is 0 Å². The fourth-order valence-electron chi connectivity index (χ4n) is 1.24. The molecule has 0 spiro atoms. The van der Waals surface area contributed by atoms with Crippen molar-refractivity contribution in [3.8, 4) is 0 Å². The minimum atomic E-state index is -1.80. The lowest BCUT2D eigenvalue weighted by molar-refractivity contribution is -0.520. The van der Waals surface area contributed by atoms with Crippen LogP contribution in [0.3, 0.4) is 0 Å². The normalized spacial score (nSPS) is 14.7. The first-order valence-electron chi connectivity index (χ1n) is 6.13. The molecule has 0 aliphatic heterocycles. The molecule has 5 nitrogen and oxygen atoms in total. The monoisotopic (exact) mass is 338 g/mol. The molecule has 8 heteroatoms. The van der Waals surface area contributed by atoms with Gasteiger partial charge in [-0.3, -0.25) is 4.74 Å². The molecule has 116 valence electrons. The molecule has 0 aliphatic carbocycles. The Labute approximate surface area is 129 Å². The average Bonchev–Trinajstić information content (AvgIpc) is 2.28. The SMILES string of the molecule is CCOC(OC(OCC)(OCC)OCC)C(Cl)(Cl)Cl. The quantitative estimate of drug-likeness (QED) is 0.450. The molecular formula is C11H21Cl3O5. The Balaban J connectivity index is 5.00. The predicted molar refractivity (Wildman–Crippen MR) is 74.4 cm³/mol. The highest BCUT2D eigenvalue weighted by Crippen LogP contribution is 2.36. The van der Waals surface area contributed by atoms with Gasteiger partial charge < -0.3 is 18.9 Å². The standard InChI is InChI=1S/C11H21Cl3O5/c1-5-15-9(10(12,13)14)19-11(16-6-2,17-7-3)18-8-4/h9H,5-8H2,1-4H3. The van der Waals surface area contributed by atoms with E-state index >= 15 is 0 Å². The third-order valence-corrected chi connectivity index (χ3v) is 2.33. The van der Waals surface area contributed by atoms with E-state index in [1.807, 2.05) is 0 Å². The first-order valence-corrected chi connectivity index (χ1v) is 7.26. The van der Waals surface area contributed by atoms with Gasteiger partial charge in [0.25, 0.3) is 0 Å². The fourth-order valence-corrected chi connectivity index (χ4v) is 1.56. The van der Waals surface area contributed by atoms with Crippen molar-refractivity contribution in [2.24, 2.45) is 0 Å². The molecule has 0 saturated heterocycles. The van der Waals surface area contributed by atoms with Crippen molar-refractivity contribution >= 4 is 34.8 Å². The van der Waals surface area contributed by atoms with E-state index in [2.05, 4.69) is 0 Å². The first-order chi connectivity index (χ1) is 8.85. The largest absolute Gasteiger partial charge is 0.415 e. The predicted octanol–water partition coefficient (Wildman–Crippen LogP) is 3.46. The van der Waals surface area contributed by atoms with Crippen LogP contribution in [0, 0.1) is 0 Å². The van der Waals surface area contributed by atoms with Crippen LogP contribution in [-0.2, 0) is 23.7 Å². The minimum Gasteiger partial charge on any atom is -0.349 e. The fraction of sp³-hybridized carbons (Fsp3) is 1.00. The minimum absolute atomic E-state index is 0.290. The number of ether oxygens (including phenoxy) is 5. The lowest BCUT2D eigenvalue weighted by Crippen LogP contribution is -2.49. The lowest BCUT2D eigenvalue weighted by atomic mass is 10.7.